The van der Waals surface area contributed by atoms with E-state index in [1.807, 2.05) is 0 Å². The molecule has 0 bridgehead atoms. The average Bonchev–Trinajstić information content (AvgIpc) is 2.70. The molecule has 2 rings (SSSR count). The van der Waals surface area contributed by atoms with Crippen LogP contribution < -0.4 is 15.4 Å². The highest BCUT2D eigenvalue weighted by atomic mass is 19.4. The number of carbonyl (C=O) groups excluding carboxylic acids is 3. The van der Waals surface area contributed by atoms with Gasteiger partial charge in [-0.3, -0.25) is 14.4 Å². The molecule has 0 unspecified atom stereocenters. The molecule has 154 valence electrons. The molecule has 10 heteroatoms. The summed E-state index contributed by atoms with van der Waals surface area (Å²) in [4.78, 5) is 35.4. The zero-order valence-corrected chi connectivity index (χ0v) is 15.2. The Bertz CT molecular complexity index is 882. The number of amides is 2. The molecule has 2 amide bonds. The monoisotopic (exact) mass is 410 g/mol. The van der Waals surface area contributed by atoms with Crippen molar-refractivity contribution < 1.29 is 37.0 Å². The fourth-order valence-electron chi connectivity index (χ4n) is 2.20. The number of para-hydroxylation sites is 2. The van der Waals surface area contributed by atoms with Crippen LogP contribution in [-0.4, -0.2) is 38.0 Å². The molecule has 2 N–H and O–H groups in total. The van der Waals surface area contributed by atoms with E-state index < -0.39 is 42.7 Å². The summed E-state index contributed by atoms with van der Waals surface area (Å²) in [6, 6.07) is 10.1. The molecule has 2 aromatic carbocycles. The summed E-state index contributed by atoms with van der Waals surface area (Å²) in [5.74, 6) is -1.83. The molecule has 0 radical (unpaired) electrons. The predicted octanol–water partition coefficient (Wildman–Crippen LogP) is 2.63. The first kappa shape index (κ1) is 21.7. The second kappa shape index (κ2) is 9.58. The summed E-state index contributed by atoms with van der Waals surface area (Å²) in [5.41, 5.74) is -0.555. The molecule has 0 aliphatic rings. The summed E-state index contributed by atoms with van der Waals surface area (Å²) in [6.45, 7) is -1.14. The molecule has 0 aliphatic carbocycles. The first-order valence-corrected chi connectivity index (χ1v) is 8.24. The summed E-state index contributed by atoms with van der Waals surface area (Å²) >= 11 is 0. The van der Waals surface area contributed by atoms with Crippen molar-refractivity contribution in [2.45, 2.75) is 6.18 Å². The molecule has 0 heterocycles. The van der Waals surface area contributed by atoms with Crippen molar-refractivity contribution in [3.8, 4) is 5.75 Å². The summed E-state index contributed by atoms with van der Waals surface area (Å²) in [6.07, 6.45) is -4.51. The lowest BCUT2D eigenvalue weighted by molar-refractivity contribution is -0.146. The van der Waals surface area contributed by atoms with Crippen LogP contribution in [0.25, 0.3) is 0 Å². The summed E-state index contributed by atoms with van der Waals surface area (Å²) in [5, 5.41) is 4.71. The number of hydrogen-bond donors (Lipinski definition) is 2. The lowest BCUT2D eigenvalue weighted by atomic mass is 10.1. The molecular formula is C19H17F3N2O5. The SMILES string of the molecule is COc1ccccc1NC(=O)COC(=O)CNC(=O)c1ccc(C(F)(F)F)cc1. The normalized spacial score (nSPS) is 10.8. The molecule has 0 fully saturated rings. The lowest BCUT2D eigenvalue weighted by Crippen LogP contribution is -2.32. The van der Waals surface area contributed by atoms with E-state index in [0.29, 0.717) is 11.4 Å². The van der Waals surface area contributed by atoms with Crippen LogP contribution in [0.3, 0.4) is 0 Å². The van der Waals surface area contributed by atoms with Gasteiger partial charge in [0.05, 0.1) is 18.4 Å². The number of ether oxygens (including phenoxy) is 2. The van der Waals surface area contributed by atoms with Gasteiger partial charge >= 0.3 is 12.1 Å². The summed E-state index contributed by atoms with van der Waals surface area (Å²) < 4.78 is 47.3. The number of benzene rings is 2. The number of anilines is 1. The fraction of sp³-hybridized carbons (Fsp3) is 0.211. The fourth-order valence-corrected chi connectivity index (χ4v) is 2.20. The number of alkyl halides is 3. The molecule has 0 atom stereocenters. The van der Waals surface area contributed by atoms with Crippen LogP contribution in [0.4, 0.5) is 18.9 Å². The highest BCUT2D eigenvalue weighted by Gasteiger charge is 2.30. The van der Waals surface area contributed by atoms with Gasteiger partial charge in [0, 0.05) is 5.56 Å². The van der Waals surface area contributed by atoms with Crippen LogP contribution in [0.15, 0.2) is 48.5 Å². The van der Waals surface area contributed by atoms with E-state index >= 15 is 0 Å². The maximum atomic E-state index is 12.5. The Morgan fingerprint density at radius 3 is 2.28 bits per heavy atom. The van der Waals surface area contributed by atoms with E-state index in [-0.39, 0.29) is 5.56 Å². The second-order valence-corrected chi connectivity index (χ2v) is 5.67. The lowest BCUT2D eigenvalue weighted by Gasteiger charge is -2.10. The Morgan fingerprint density at radius 2 is 1.66 bits per heavy atom. The molecule has 0 saturated carbocycles. The Balaban J connectivity index is 1.78. The highest BCUT2D eigenvalue weighted by Crippen LogP contribution is 2.29. The van der Waals surface area contributed by atoms with Gasteiger partial charge in [0.25, 0.3) is 11.8 Å². The Labute approximate surface area is 163 Å². The Morgan fingerprint density at radius 1 is 1.00 bits per heavy atom. The van der Waals surface area contributed by atoms with Crippen molar-refractivity contribution in [1.29, 1.82) is 0 Å². The number of rotatable bonds is 7. The molecule has 2 aromatic rings. The zero-order chi connectivity index (χ0) is 21.4. The van der Waals surface area contributed by atoms with Gasteiger partial charge in [-0.1, -0.05) is 12.1 Å². The minimum absolute atomic E-state index is 0.0558. The van der Waals surface area contributed by atoms with Gasteiger partial charge in [0.1, 0.15) is 12.3 Å². The number of nitrogens with one attached hydrogen (secondary N) is 2. The smallest absolute Gasteiger partial charge is 0.416 e. The minimum Gasteiger partial charge on any atom is -0.495 e. The van der Waals surface area contributed by atoms with Crippen LogP contribution in [0, 0.1) is 0 Å². The molecule has 0 spiro atoms. The summed E-state index contributed by atoms with van der Waals surface area (Å²) in [7, 11) is 1.43. The Kier molecular flexibility index (Phi) is 7.18. The zero-order valence-electron chi connectivity index (χ0n) is 15.2. The average molecular weight is 410 g/mol. The molecule has 7 nitrogen and oxygen atoms in total. The van der Waals surface area contributed by atoms with Gasteiger partial charge in [0.2, 0.25) is 0 Å². The van der Waals surface area contributed by atoms with Crippen molar-refractivity contribution in [2.75, 3.05) is 25.6 Å². The van der Waals surface area contributed by atoms with Crippen molar-refractivity contribution in [3.05, 3.63) is 59.7 Å². The van der Waals surface area contributed by atoms with E-state index in [9.17, 15) is 27.6 Å². The predicted molar refractivity (Wildman–Crippen MR) is 96.4 cm³/mol. The van der Waals surface area contributed by atoms with Gasteiger partial charge in [0.15, 0.2) is 6.61 Å². The minimum atomic E-state index is -4.51. The molecular weight excluding hydrogens is 393 g/mol. The molecule has 0 aliphatic heterocycles. The number of carbonyl (C=O) groups is 3. The first-order chi connectivity index (χ1) is 13.7. The van der Waals surface area contributed by atoms with Crippen molar-refractivity contribution >= 4 is 23.5 Å². The second-order valence-electron chi connectivity index (χ2n) is 5.67. The first-order valence-electron chi connectivity index (χ1n) is 8.24. The van der Waals surface area contributed by atoms with Crippen molar-refractivity contribution in [2.24, 2.45) is 0 Å². The van der Waals surface area contributed by atoms with Gasteiger partial charge in [-0.05, 0) is 36.4 Å². The van der Waals surface area contributed by atoms with E-state index in [1.54, 1.807) is 24.3 Å². The van der Waals surface area contributed by atoms with Gasteiger partial charge < -0.3 is 20.1 Å². The number of halogens is 3. The van der Waals surface area contributed by atoms with Gasteiger partial charge in [-0.15, -0.1) is 0 Å². The maximum absolute atomic E-state index is 12.5. The van der Waals surface area contributed by atoms with E-state index in [4.69, 9.17) is 9.47 Å². The topological polar surface area (TPSA) is 93.7 Å². The number of hydrogen-bond acceptors (Lipinski definition) is 5. The van der Waals surface area contributed by atoms with Crippen LogP contribution in [-0.2, 0) is 20.5 Å². The molecule has 0 aromatic heterocycles. The van der Waals surface area contributed by atoms with Crippen molar-refractivity contribution in [1.82, 2.24) is 5.32 Å². The van der Waals surface area contributed by atoms with Crippen LogP contribution in [0.2, 0.25) is 0 Å². The highest BCUT2D eigenvalue weighted by molar-refractivity contribution is 5.97. The van der Waals surface area contributed by atoms with E-state index in [0.717, 1.165) is 24.3 Å². The number of esters is 1. The van der Waals surface area contributed by atoms with E-state index in [1.165, 1.54) is 7.11 Å². The third-order valence-corrected chi connectivity index (χ3v) is 3.61. The standard InChI is InChI=1S/C19H17F3N2O5/c1-28-15-5-3-2-4-14(15)24-16(25)11-29-17(26)10-23-18(27)12-6-8-13(9-7-12)19(20,21)22/h2-9H,10-11H2,1H3,(H,23,27)(H,24,25). The van der Waals surface area contributed by atoms with Crippen LogP contribution in [0.5, 0.6) is 5.75 Å². The molecule has 29 heavy (non-hydrogen) atoms. The van der Waals surface area contributed by atoms with Crippen LogP contribution in [0.1, 0.15) is 15.9 Å². The largest absolute Gasteiger partial charge is 0.495 e. The van der Waals surface area contributed by atoms with Crippen molar-refractivity contribution in [3.63, 3.8) is 0 Å². The quantitative estimate of drug-likeness (QED) is 0.685. The number of methoxy groups -OCH3 is 1. The van der Waals surface area contributed by atoms with Gasteiger partial charge in [-0.25, -0.2) is 0 Å². The third kappa shape index (κ3) is 6.52. The van der Waals surface area contributed by atoms with E-state index in [2.05, 4.69) is 10.6 Å². The van der Waals surface area contributed by atoms with Crippen LogP contribution >= 0.6 is 0 Å². The Hall–Kier alpha value is -3.56. The molecule has 0 saturated heterocycles. The maximum Gasteiger partial charge on any atom is 0.416 e. The van der Waals surface area contributed by atoms with Gasteiger partial charge in [-0.2, -0.15) is 13.2 Å². The third-order valence-electron chi connectivity index (χ3n) is 3.61.